The number of rotatable bonds is 5. The third-order valence-corrected chi connectivity index (χ3v) is 4.02. The predicted octanol–water partition coefficient (Wildman–Crippen LogP) is 2.58. The van der Waals surface area contributed by atoms with Crippen molar-refractivity contribution in [2.45, 2.75) is 20.1 Å². The van der Waals surface area contributed by atoms with Gasteiger partial charge in [0.05, 0.1) is 19.8 Å². The zero-order chi connectivity index (χ0) is 17.1. The molecule has 3 aromatic rings. The number of nitrogens with one attached hydrogen (secondary N) is 1. The van der Waals surface area contributed by atoms with Crippen molar-refractivity contribution >= 4 is 10.8 Å². The van der Waals surface area contributed by atoms with Gasteiger partial charge >= 0.3 is 0 Å². The molecule has 3 rings (SSSR count). The zero-order valence-electron chi connectivity index (χ0n) is 13.4. The molecule has 0 saturated heterocycles. The third kappa shape index (κ3) is 2.91. The van der Waals surface area contributed by atoms with Gasteiger partial charge in [-0.05, 0) is 64.2 Å². The quantitative estimate of drug-likeness (QED) is 0.673. The molecule has 0 aliphatic heterocycles. The minimum absolute atomic E-state index is 0.185. The molecule has 3 N–H and O–H groups in total. The first-order valence-corrected chi connectivity index (χ1v) is 7.80. The Kier molecular flexibility index (Phi) is 4.64. The van der Waals surface area contributed by atoms with E-state index < -0.39 is 0 Å². The van der Waals surface area contributed by atoms with Crippen LogP contribution in [-0.2, 0) is 13.2 Å². The Morgan fingerprint density at radius 3 is 2.58 bits per heavy atom. The Balaban J connectivity index is 2.40. The highest BCUT2D eigenvalue weighted by molar-refractivity contribution is 5.99. The summed E-state index contributed by atoms with van der Waals surface area (Å²) in [5.41, 5.74) is 2.47. The van der Waals surface area contributed by atoms with E-state index in [9.17, 15) is 15.0 Å². The number of aliphatic hydroxyl groups excluding tert-OH is 2. The first kappa shape index (κ1) is 16.2. The lowest BCUT2D eigenvalue weighted by Gasteiger charge is -2.17. The second-order valence-electron chi connectivity index (χ2n) is 5.46. The molecule has 5 nitrogen and oxygen atoms in total. The monoisotopic (exact) mass is 325 g/mol. The third-order valence-electron chi connectivity index (χ3n) is 4.02. The van der Waals surface area contributed by atoms with Gasteiger partial charge in [-0.25, -0.2) is 0 Å². The Hall–Kier alpha value is -2.63. The van der Waals surface area contributed by atoms with E-state index >= 15 is 0 Å². The van der Waals surface area contributed by atoms with Crippen LogP contribution in [0.4, 0.5) is 0 Å². The largest absolute Gasteiger partial charge is 0.494 e. The summed E-state index contributed by atoms with van der Waals surface area (Å²) < 4.78 is 5.58. The molecule has 0 spiro atoms. The first-order valence-electron chi connectivity index (χ1n) is 7.80. The summed E-state index contributed by atoms with van der Waals surface area (Å²) in [4.78, 5) is 14.3. The molecule has 0 aliphatic rings. The molecular weight excluding hydrogens is 306 g/mol. The van der Waals surface area contributed by atoms with Crippen molar-refractivity contribution < 1.29 is 14.9 Å². The van der Waals surface area contributed by atoms with Crippen molar-refractivity contribution in [3.8, 4) is 16.9 Å². The Morgan fingerprint density at radius 2 is 1.92 bits per heavy atom. The summed E-state index contributed by atoms with van der Waals surface area (Å²) in [6.45, 7) is 2.05. The van der Waals surface area contributed by atoms with Gasteiger partial charge in [0.15, 0.2) is 0 Å². The molecule has 0 radical (unpaired) electrons. The first-order chi connectivity index (χ1) is 11.7. The number of aliphatic hydroxyl groups is 2. The van der Waals surface area contributed by atoms with Crippen LogP contribution in [0, 0.1) is 0 Å². The van der Waals surface area contributed by atoms with E-state index in [0.29, 0.717) is 23.3 Å². The number of fused-ring (bicyclic) bond motifs is 1. The predicted molar refractivity (Wildman–Crippen MR) is 93.0 cm³/mol. The molecule has 0 bridgehead atoms. The highest BCUT2D eigenvalue weighted by Crippen LogP contribution is 2.36. The van der Waals surface area contributed by atoms with E-state index in [1.807, 2.05) is 31.2 Å². The molecule has 0 aliphatic carbocycles. The van der Waals surface area contributed by atoms with Gasteiger partial charge in [-0.3, -0.25) is 4.79 Å². The van der Waals surface area contributed by atoms with Crippen LogP contribution >= 0.6 is 0 Å². The lowest BCUT2D eigenvalue weighted by molar-refractivity contribution is 0.260. The number of benzene rings is 2. The normalized spacial score (nSPS) is 11.0. The summed E-state index contributed by atoms with van der Waals surface area (Å²) in [5.74, 6) is 0.719. The molecule has 0 atom stereocenters. The minimum atomic E-state index is -0.229. The Morgan fingerprint density at radius 1 is 1.08 bits per heavy atom. The van der Waals surface area contributed by atoms with Gasteiger partial charge in [0, 0.05) is 12.3 Å². The standard InChI is InChI=1S/C19H19NO4/c1-2-24-15-4-3-12-7-14(10-21)17(11-22)19(16(12)9-15)13-5-6-20-18(23)8-13/h3-9,21-22H,2,10-11H2,1H3,(H,20,23). The Labute approximate surface area is 139 Å². The van der Waals surface area contributed by atoms with E-state index in [2.05, 4.69) is 4.98 Å². The number of H-pyrrole nitrogens is 1. The molecule has 1 heterocycles. The number of pyridine rings is 1. The fourth-order valence-electron chi connectivity index (χ4n) is 2.98. The summed E-state index contributed by atoms with van der Waals surface area (Å²) in [6, 6.07) is 10.8. The lowest BCUT2D eigenvalue weighted by Crippen LogP contribution is -2.05. The van der Waals surface area contributed by atoms with Gasteiger partial charge in [-0.1, -0.05) is 6.07 Å². The van der Waals surface area contributed by atoms with Crippen LogP contribution in [0.3, 0.4) is 0 Å². The fraction of sp³-hybridized carbons (Fsp3) is 0.211. The second-order valence-corrected chi connectivity index (χ2v) is 5.46. The average molecular weight is 325 g/mol. The maximum Gasteiger partial charge on any atom is 0.248 e. The van der Waals surface area contributed by atoms with Gasteiger partial charge in [0.25, 0.3) is 0 Å². The van der Waals surface area contributed by atoms with Crippen LogP contribution in [0.25, 0.3) is 21.9 Å². The summed E-state index contributed by atoms with van der Waals surface area (Å²) >= 11 is 0. The minimum Gasteiger partial charge on any atom is -0.494 e. The SMILES string of the molecule is CCOc1ccc2cc(CO)c(CO)c(-c3cc[nH]c(=O)c3)c2c1. The van der Waals surface area contributed by atoms with Crippen molar-refractivity contribution in [1.82, 2.24) is 4.98 Å². The second kappa shape index (κ2) is 6.86. The van der Waals surface area contributed by atoms with Crippen LogP contribution in [0.2, 0.25) is 0 Å². The summed E-state index contributed by atoms with van der Waals surface area (Å²) in [7, 11) is 0. The Bertz CT molecular complexity index is 930. The summed E-state index contributed by atoms with van der Waals surface area (Å²) in [6.07, 6.45) is 1.57. The topological polar surface area (TPSA) is 82.5 Å². The number of hydrogen-bond donors (Lipinski definition) is 3. The van der Waals surface area contributed by atoms with E-state index in [-0.39, 0.29) is 18.8 Å². The fourth-order valence-corrected chi connectivity index (χ4v) is 2.98. The lowest BCUT2D eigenvalue weighted by atomic mass is 9.90. The molecule has 0 amide bonds. The molecular formula is C19H19NO4. The maximum atomic E-state index is 11.7. The molecule has 0 fully saturated rings. The molecule has 124 valence electrons. The van der Waals surface area contributed by atoms with E-state index in [4.69, 9.17) is 4.74 Å². The summed E-state index contributed by atoms with van der Waals surface area (Å²) in [5, 5.41) is 21.3. The molecule has 2 aromatic carbocycles. The maximum absolute atomic E-state index is 11.7. The van der Waals surface area contributed by atoms with Gasteiger partial charge in [0.1, 0.15) is 5.75 Å². The van der Waals surface area contributed by atoms with Gasteiger partial charge in [-0.15, -0.1) is 0 Å². The van der Waals surface area contributed by atoms with E-state index in [0.717, 1.165) is 22.1 Å². The highest BCUT2D eigenvalue weighted by Gasteiger charge is 2.15. The number of ether oxygens (including phenoxy) is 1. The number of hydrogen-bond acceptors (Lipinski definition) is 4. The highest BCUT2D eigenvalue weighted by atomic mass is 16.5. The van der Waals surface area contributed by atoms with Crippen molar-refractivity contribution in [3.05, 3.63) is 64.1 Å². The van der Waals surface area contributed by atoms with Crippen molar-refractivity contribution in [3.63, 3.8) is 0 Å². The van der Waals surface area contributed by atoms with Gasteiger partial charge in [0.2, 0.25) is 5.56 Å². The van der Waals surface area contributed by atoms with Crippen molar-refractivity contribution in [1.29, 1.82) is 0 Å². The van der Waals surface area contributed by atoms with Crippen LogP contribution in [0.1, 0.15) is 18.1 Å². The molecule has 0 saturated carbocycles. The molecule has 0 unspecified atom stereocenters. The van der Waals surface area contributed by atoms with Crippen molar-refractivity contribution in [2.24, 2.45) is 0 Å². The van der Waals surface area contributed by atoms with Crippen LogP contribution in [-0.4, -0.2) is 21.8 Å². The van der Waals surface area contributed by atoms with Gasteiger partial charge < -0.3 is 19.9 Å². The smallest absolute Gasteiger partial charge is 0.248 e. The van der Waals surface area contributed by atoms with Crippen LogP contribution in [0.15, 0.2) is 47.4 Å². The average Bonchev–Trinajstić information content (AvgIpc) is 2.60. The molecule has 24 heavy (non-hydrogen) atoms. The molecule has 1 aromatic heterocycles. The van der Waals surface area contributed by atoms with E-state index in [1.165, 1.54) is 6.07 Å². The number of aromatic amines is 1. The van der Waals surface area contributed by atoms with Crippen molar-refractivity contribution in [2.75, 3.05) is 6.61 Å². The van der Waals surface area contributed by atoms with Crippen LogP contribution < -0.4 is 10.3 Å². The zero-order valence-corrected chi connectivity index (χ0v) is 13.4. The van der Waals surface area contributed by atoms with E-state index in [1.54, 1.807) is 12.3 Å². The van der Waals surface area contributed by atoms with Crippen LogP contribution in [0.5, 0.6) is 5.75 Å². The molecule has 5 heteroatoms. The number of aromatic nitrogens is 1. The van der Waals surface area contributed by atoms with Gasteiger partial charge in [-0.2, -0.15) is 0 Å².